The fraction of sp³-hybridized carbons (Fsp3) is 0.636. The molecule has 0 amide bonds. The van der Waals surface area contributed by atoms with E-state index in [9.17, 15) is 0 Å². The molecule has 68 valence electrons. The molecule has 0 aromatic rings. The van der Waals surface area contributed by atoms with Crippen molar-refractivity contribution in [3.05, 3.63) is 10.5 Å². The Morgan fingerprint density at radius 2 is 1.92 bits per heavy atom. The molecule has 0 aromatic carbocycles. The highest BCUT2D eigenvalue weighted by molar-refractivity contribution is 8.03. The zero-order valence-corrected chi connectivity index (χ0v) is 9.51. The Morgan fingerprint density at radius 3 is 2.17 bits per heavy atom. The number of hydrogen-bond acceptors (Lipinski definition) is 1. The molecule has 0 N–H and O–H groups in total. The molecule has 0 saturated heterocycles. The first kappa shape index (κ1) is 11.6. The molecule has 0 atom stereocenters. The maximum atomic E-state index is 5.38. The molecule has 0 aromatic heterocycles. The molecule has 0 nitrogen and oxygen atoms in total. The fourth-order valence-corrected chi connectivity index (χ4v) is 2.09. The average Bonchev–Trinajstić information content (AvgIpc) is 1.96. The molecule has 0 saturated carbocycles. The largest absolute Gasteiger partial charge is 0.129 e. The van der Waals surface area contributed by atoms with Crippen molar-refractivity contribution in [1.29, 1.82) is 0 Å². The van der Waals surface area contributed by atoms with Crippen LogP contribution < -0.4 is 0 Å². The highest BCUT2D eigenvalue weighted by atomic mass is 32.2. The summed E-state index contributed by atoms with van der Waals surface area (Å²) in [5.74, 6) is 3.80. The summed E-state index contributed by atoms with van der Waals surface area (Å²) in [5.41, 5.74) is 1.27. The predicted molar refractivity (Wildman–Crippen MR) is 59.1 cm³/mol. The lowest BCUT2D eigenvalue weighted by atomic mass is 9.93. The van der Waals surface area contributed by atoms with Gasteiger partial charge in [0.25, 0.3) is 0 Å². The topological polar surface area (TPSA) is 0 Å². The number of rotatable bonds is 2. The number of thioether (sulfide) groups is 1. The second-order valence-corrected chi connectivity index (χ2v) is 5.06. The standard InChI is InChI=1S/C11H18S/c1-7-9(3)10(12-8-2)11(4,5)6/h1H,8H2,2-6H3/b10-9-. The summed E-state index contributed by atoms with van der Waals surface area (Å²) in [7, 11) is 0. The molecule has 12 heavy (non-hydrogen) atoms. The van der Waals surface area contributed by atoms with Crippen molar-refractivity contribution in [1.82, 2.24) is 0 Å². The van der Waals surface area contributed by atoms with Crippen LogP contribution in [0.15, 0.2) is 10.5 Å². The molecular formula is C11H18S. The van der Waals surface area contributed by atoms with Crippen LogP contribution in [-0.4, -0.2) is 5.75 Å². The van der Waals surface area contributed by atoms with Crippen LogP contribution in [0.2, 0.25) is 0 Å². The summed E-state index contributed by atoms with van der Waals surface area (Å²) in [6.45, 7) is 10.8. The Labute approximate surface area is 80.8 Å². The SMILES string of the molecule is C#C/C(C)=C(\SCC)C(C)(C)C. The van der Waals surface area contributed by atoms with Crippen molar-refractivity contribution < 1.29 is 0 Å². The molecule has 0 aliphatic rings. The van der Waals surface area contributed by atoms with Gasteiger partial charge in [0.2, 0.25) is 0 Å². The Kier molecular flexibility index (Phi) is 4.49. The molecule has 0 heterocycles. The lowest BCUT2D eigenvalue weighted by molar-refractivity contribution is 0.530. The van der Waals surface area contributed by atoms with E-state index in [0.29, 0.717) is 0 Å². The van der Waals surface area contributed by atoms with Gasteiger partial charge in [0.05, 0.1) is 0 Å². The van der Waals surface area contributed by atoms with E-state index in [-0.39, 0.29) is 5.41 Å². The van der Waals surface area contributed by atoms with Crippen LogP contribution in [0, 0.1) is 17.8 Å². The van der Waals surface area contributed by atoms with Crippen LogP contribution in [0.25, 0.3) is 0 Å². The van der Waals surface area contributed by atoms with Crippen LogP contribution in [-0.2, 0) is 0 Å². The molecule has 0 radical (unpaired) electrons. The van der Waals surface area contributed by atoms with Gasteiger partial charge in [0.1, 0.15) is 0 Å². The Morgan fingerprint density at radius 1 is 1.42 bits per heavy atom. The first-order valence-electron chi connectivity index (χ1n) is 4.24. The van der Waals surface area contributed by atoms with Gasteiger partial charge in [-0.2, -0.15) is 0 Å². The summed E-state index contributed by atoms with van der Waals surface area (Å²) in [6, 6.07) is 0. The van der Waals surface area contributed by atoms with Crippen molar-refractivity contribution in [3.8, 4) is 12.3 Å². The molecule has 0 spiro atoms. The van der Waals surface area contributed by atoms with Crippen LogP contribution >= 0.6 is 11.8 Å². The second kappa shape index (κ2) is 4.62. The van der Waals surface area contributed by atoms with Gasteiger partial charge in [-0.1, -0.05) is 33.6 Å². The van der Waals surface area contributed by atoms with E-state index in [1.807, 2.05) is 18.7 Å². The summed E-state index contributed by atoms with van der Waals surface area (Å²) in [4.78, 5) is 1.34. The van der Waals surface area contributed by atoms with Crippen LogP contribution in [0.4, 0.5) is 0 Å². The maximum absolute atomic E-state index is 5.38. The minimum Gasteiger partial charge on any atom is -0.129 e. The smallest absolute Gasteiger partial charge is 0.00869 e. The van der Waals surface area contributed by atoms with Crippen LogP contribution in [0.1, 0.15) is 34.6 Å². The quantitative estimate of drug-likeness (QED) is 0.587. The van der Waals surface area contributed by atoms with Gasteiger partial charge in [0, 0.05) is 10.5 Å². The number of terminal acetylenes is 1. The van der Waals surface area contributed by atoms with E-state index in [2.05, 4.69) is 33.6 Å². The Hall–Kier alpha value is -0.350. The average molecular weight is 182 g/mol. The van der Waals surface area contributed by atoms with Crippen LogP contribution in [0.5, 0.6) is 0 Å². The van der Waals surface area contributed by atoms with Gasteiger partial charge in [-0.3, -0.25) is 0 Å². The van der Waals surface area contributed by atoms with Crippen molar-refractivity contribution in [2.45, 2.75) is 34.6 Å². The maximum Gasteiger partial charge on any atom is 0.00869 e. The summed E-state index contributed by atoms with van der Waals surface area (Å²) < 4.78 is 0. The molecular weight excluding hydrogens is 164 g/mol. The van der Waals surface area contributed by atoms with Crippen molar-refractivity contribution in [2.75, 3.05) is 5.75 Å². The zero-order valence-electron chi connectivity index (χ0n) is 8.69. The third kappa shape index (κ3) is 3.36. The van der Waals surface area contributed by atoms with E-state index >= 15 is 0 Å². The summed E-state index contributed by atoms with van der Waals surface area (Å²) in [5, 5.41) is 0. The highest BCUT2D eigenvalue weighted by Crippen LogP contribution is 2.36. The minimum absolute atomic E-state index is 0.192. The van der Waals surface area contributed by atoms with Crippen molar-refractivity contribution in [3.63, 3.8) is 0 Å². The number of allylic oxidation sites excluding steroid dienone is 2. The molecule has 0 fully saturated rings. The van der Waals surface area contributed by atoms with Gasteiger partial charge in [-0.05, 0) is 18.1 Å². The third-order valence-corrected chi connectivity index (χ3v) is 3.02. The Balaban J connectivity index is 4.82. The number of hydrogen-bond donors (Lipinski definition) is 0. The summed E-state index contributed by atoms with van der Waals surface area (Å²) in [6.07, 6.45) is 5.38. The normalized spacial score (nSPS) is 13.7. The fourth-order valence-electron chi connectivity index (χ4n) is 1.10. The van der Waals surface area contributed by atoms with E-state index in [1.54, 1.807) is 0 Å². The van der Waals surface area contributed by atoms with E-state index in [4.69, 9.17) is 6.42 Å². The second-order valence-electron chi connectivity index (χ2n) is 3.78. The van der Waals surface area contributed by atoms with Gasteiger partial charge < -0.3 is 0 Å². The first-order chi connectivity index (χ1) is 5.43. The first-order valence-corrected chi connectivity index (χ1v) is 5.22. The van der Waals surface area contributed by atoms with Gasteiger partial charge in [0.15, 0.2) is 0 Å². The van der Waals surface area contributed by atoms with Gasteiger partial charge in [-0.25, -0.2) is 0 Å². The molecule has 0 bridgehead atoms. The minimum atomic E-state index is 0.192. The molecule has 0 unspecified atom stereocenters. The molecule has 0 aliphatic carbocycles. The van der Waals surface area contributed by atoms with E-state index in [1.165, 1.54) is 4.91 Å². The lowest BCUT2D eigenvalue weighted by Crippen LogP contribution is -2.08. The predicted octanol–water partition coefficient (Wildman–Crippen LogP) is 3.69. The van der Waals surface area contributed by atoms with Crippen LogP contribution in [0.3, 0.4) is 0 Å². The van der Waals surface area contributed by atoms with Gasteiger partial charge >= 0.3 is 0 Å². The van der Waals surface area contributed by atoms with E-state index in [0.717, 1.165) is 11.3 Å². The van der Waals surface area contributed by atoms with E-state index < -0.39 is 0 Å². The monoisotopic (exact) mass is 182 g/mol. The summed E-state index contributed by atoms with van der Waals surface area (Å²) >= 11 is 1.85. The lowest BCUT2D eigenvalue weighted by Gasteiger charge is -2.23. The molecule has 0 rings (SSSR count). The highest BCUT2D eigenvalue weighted by Gasteiger charge is 2.18. The van der Waals surface area contributed by atoms with Gasteiger partial charge in [-0.15, -0.1) is 18.2 Å². The molecule has 1 heteroatoms. The Bertz CT molecular complexity index is 210. The van der Waals surface area contributed by atoms with Crippen molar-refractivity contribution >= 4 is 11.8 Å². The third-order valence-electron chi connectivity index (χ3n) is 1.53. The molecule has 0 aliphatic heterocycles. The van der Waals surface area contributed by atoms with Crippen molar-refractivity contribution in [2.24, 2.45) is 5.41 Å². The zero-order chi connectivity index (χ0) is 9.78.